The van der Waals surface area contributed by atoms with Crippen molar-refractivity contribution in [1.29, 1.82) is 0 Å². The first kappa shape index (κ1) is 55.9. The standard InChI is InChI=1S/2C25H20ClN3O6S.Ba/c2*1-14-7-12-20(24(21(14)26)36(32,33)34)28-29-22-18-6-4-3-5-15(18)13-19(23(22)30)25(31)27-16-8-10-17(35-2)11-9-16;/h2*3-13,30H,1-2H3,(H,27,31)(H,32,33,34);/q;;+2/p-2. The second-order valence-electron chi connectivity index (χ2n) is 15.4. The summed E-state index contributed by atoms with van der Waals surface area (Å²) in [4.78, 5) is 24.7. The number of azo groups is 2. The molecule has 0 aliphatic heterocycles. The molecular weight excluding hydrogens is 1150 g/mol. The summed E-state index contributed by atoms with van der Waals surface area (Å²) in [5.41, 5.74) is 0.602. The van der Waals surface area contributed by atoms with Gasteiger partial charge in [0.2, 0.25) is 0 Å². The van der Waals surface area contributed by atoms with Gasteiger partial charge in [-0.2, -0.15) is 13.5 Å². The van der Waals surface area contributed by atoms with Crippen LogP contribution in [0.1, 0.15) is 31.8 Å². The van der Waals surface area contributed by atoms with E-state index in [0.717, 1.165) is 0 Å². The molecule has 0 atom stereocenters. The number of benzene rings is 8. The third-order valence-corrected chi connectivity index (χ3v) is 13.8. The van der Waals surface area contributed by atoms with E-state index in [1.54, 1.807) is 104 Å². The number of carbonyl (C=O) groups excluding carboxylic acids is 2. The first-order valence-corrected chi connectivity index (χ1v) is 24.5. The molecule has 73 heavy (non-hydrogen) atoms. The summed E-state index contributed by atoms with van der Waals surface area (Å²) in [6.07, 6.45) is 0. The smallest absolute Gasteiger partial charge is 0.870 e. The number of hydrogen-bond acceptors (Lipinski definition) is 15. The van der Waals surface area contributed by atoms with Gasteiger partial charge in [0, 0.05) is 27.7 Å². The molecule has 8 aromatic carbocycles. The van der Waals surface area contributed by atoms with Crippen LogP contribution in [0.25, 0.3) is 21.5 Å². The van der Waals surface area contributed by atoms with E-state index in [4.69, 9.17) is 32.7 Å². The van der Waals surface area contributed by atoms with Gasteiger partial charge in [-0.3, -0.25) is 14.1 Å². The zero-order chi connectivity index (χ0) is 52.1. The van der Waals surface area contributed by atoms with Gasteiger partial charge in [-0.1, -0.05) is 89.6 Å². The Morgan fingerprint density at radius 1 is 0.589 bits per heavy atom. The Balaban J connectivity index is 0.000000235. The van der Waals surface area contributed by atoms with E-state index in [0.29, 0.717) is 55.5 Å². The molecule has 18 nitrogen and oxygen atoms in total. The summed E-state index contributed by atoms with van der Waals surface area (Å²) in [6, 6.07) is 35.3. The zero-order valence-electron chi connectivity index (χ0n) is 38.7. The molecular formula is C50H38BaCl2N6O12S2. The van der Waals surface area contributed by atoms with Crippen molar-refractivity contribution < 1.29 is 55.2 Å². The second kappa shape index (κ2) is 23.6. The first-order chi connectivity index (χ1) is 34.2. The number of hydrogen-bond donors (Lipinski definition) is 4. The number of carbonyl (C=O) groups is 2. The van der Waals surface area contributed by atoms with Crippen LogP contribution >= 0.6 is 23.2 Å². The molecule has 0 heterocycles. The molecule has 0 unspecified atom stereocenters. The van der Waals surface area contributed by atoms with Gasteiger partial charge >= 0.3 is 48.9 Å². The number of anilines is 2. The van der Waals surface area contributed by atoms with Gasteiger partial charge < -0.3 is 34.9 Å². The number of phenols is 1. The number of methoxy groups -OCH3 is 2. The number of rotatable bonds is 12. The number of ether oxygens (including phenoxy) is 2. The van der Waals surface area contributed by atoms with E-state index in [-0.39, 0.29) is 92.8 Å². The van der Waals surface area contributed by atoms with Crippen molar-refractivity contribution in [2.24, 2.45) is 20.5 Å². The van der Waals surface area contributed by atoms with Crippen molar-refractivity contribution in [3.63, 3.8) is 0 Å². The van der Waals surface area contributed by atoms with Gasteiger partial charge in [-0.15, -0.1) is 15.3 Å². The predicted molar refractivity (Wildman–Crippen MR) is 275 cm³/mol. The molecule has 2 amide bonds. The van der Waals surface area contributed by atoms with Crippen molar-refractivity contribution in [1.82, 2.24) is 0 Å². The molecule has 0 aliphatic rings. The quantitative estimate of drug-likeness (QED) is 0.0505. The number of phenolic OH excluding ortho intramolecular Hbond substituents is 1. The van der Waals surface area contributed by atoms with E-state index in [1.165, 1.54) is 57.5 Å². The number of fused-ring (bicyclic) bond motifs is 2. The minimum absolute atomic E-state index is 0. The molecule has 0 bridgehead atoms. The molecule has 368 valence electrons. The summed E-state index contributed by atoms with van der Waals surface area (Å²) >= 11 is 12.2. The second-order valence-corrected chi connectivity index (χ2v) is 18.9. The largest absolute Gasteiger partial charge is 2.00 e. The van der Waals surface area contributed by atoms with Gasteiger partial charge in [0.25, 0.3) is 21.9 Å². The molecule has 8 rings (SSSR count). The van der Waals surface area contributed by atoms with Crippen LogP contribution in [0.2, 0.25) is 10.0 Å². The number of nitrogens with zero attached hydrogens (tertiary/aromatic N) is 4. The third kappa shape index (κ3) is 12.9. The predicted octanol–water partition coefficient (Wildman–Crippen LogP) is 11.5. The number of amides is 2. The Morgan fingerprint density at radius 3 is 1.47 bits per heavy atom. The Kier molecular flexibility index (Phi) is 18.1. The maximum Gasteiger partial charge on any atom is 2.00 e. The van der Waals surface area contributed by atoms with Crippen LogP contribution < -0.4 is 25.2 Å². The van der Waals surface area contributed by atoms with E-state index < -0.39 is 53.3 Å². The molecule has 8 aromatic rings. The van der Waals surface area contributed by atoms with Crippen molar-refractivity contribution in [3.8, 4) is 23.0 Å². The zero-order valence-corrected chi connectivity index (χ0v) is 46.3. The van der Waals surface area contributed by atoms with Crippen LogP contribution in [0.15, 0.2) is 164 Å². The summed E-state index contributed by atoms with van der Waals surface area (Å²) in [7, 11) is -6.67. The summed E-state index contributed by atoms with van der Waals surface area (Å²) < 4.78 is 79.2. The summed E-state index contributed by atoms with van der Waals surface area (Å²) in [5, 5.41) is 47.0. The van der Waals surface area contributed by atoms with Crippen LogP contribution in [0.3, 0.4) is 0 Å². The van der Waals surface area contributed by atoms with Gasteiger partial charge in [0.15, 0.2) is 5.75 Å². The number of halogens is 2. The SMILES string of the molecule is COc1ccc(NC(=O)c2cc3ccccc3c(N=Nc3ccc(C)c(Cl)c3S(=O)(=O)O)c2O)cc1.COc1ccc(NC(=O)c2cc3ccccc3c(N=Nc3ccc(C)c(Cl)c3S(=O)(=O)[O-])c2[O-])cc1.[Ba+2]. The Labute approximate surface area is 468 Å². The van der Waals surface area contributed by atoms with E-state index in [1.807, 2.05) is 0 Å². The average Bonchev–Trinajstić information content (AvgIpc) is 3.35. The maximum atomic E-state index is 13.3. The monoisotopic (exact) mass is 1190 g/mol. The molecule has 0 radical (unpaired) electrons. The van der Waals surface area contributed by atoms with Crippen molar-refractivity contribution in [3.05, 3.63) is 166 Å². The minimum Gasteiger partial charge on any atom is -0.870 e. The first-order valence-electron chi connectivity index (χ1n) is 20.9. The molecule has 0 aromatic heterocycles. The summed E-state index contributed by atoms with van der Waals surface area (Å²) in [6.45, 7) is 3.11. The van der Waals surface area contributed by atoms with Crippen LogP contribution in [0.4, 0.5) is 34.1 Å². The Bertz CT molecular complexity index is 3490. The normalized spacial score (nSPS) is 11.5. The minimum atomic E-state index is -4.99. The molecule has 4 N–H and O–H groups in total. The van der Waals surface area contributed by atoms with Crippen molar-refractivity contribution in [2.75, 3.05) is 24.9 Å². The van der Waals surface area contributed by atoms with Crippen molar-refractivity contribution in [2.45, 2.75) is 23.6 Å². The van der Waals surface area contributed by atoms with Gasteiger partial charge in [-0.25, -0.2) is 8.42 Å². The average molecular weight is 1190 g/mol. The number of nitrogens with one attached hydrogen (secondary N) is 2. The Hall–Kier alpha value is -6.41. The van der Waals surface area contributed by atoms with Crippen LogP contribution in [0.5, 0.6) is 23.0 Å². The molecule has 0 saturated heterocycles. The van der Waals surface area contributed by atoms with Crippen molar-refractivity contribution >= 4 is 160 Å². The van der Waals surface area contributed by atoms with Crippen LogP contribution in [-0.4, -0.2) is 106 Å². The van der Waals surface area contributed by atoms with Gasteiger partial charge in [0.1, 0.15) is 48.5 Å². The van der Waals surface area contributed by atoms with Gasteiger partial charge in [0.05, 0.1) is 35.5 Å². The molecule has 0 aliphatic carbocycles. The van der Waals surface area contributed by atoms with Gasteiger partial charge in [-0.05, 0) is 109 Å². The number of aromatic hydroxyl groups is 1. The fourth-order valence-electron chi connectivity index (χ4n) is 7.05. The molecule has 23 heteroatoms. The van der Waals surface area contributed by atoms with Crippen LogP contribution in [0, 0.1) is 13.8 Å². The molecule has 0 saturated carbocycles. The van der Waals surface area contributed by atoms with E-state index >= 15 is 0 Å². The number of aryl methyl sites for hydroxylation is 2. The summed E-state index contributed by atoms with van der Waals surface area (Å²) in [5.74, 6) is -1.25. The van der Waals surface area contributed by atoms with E-state index in [2.05, 4.69) is 31.1 Å². The van der Waals surface area contributed by atoms with E-state index in [9.17, 15) is 45.7 Å². The topological polar surface area (TPSA) is 281 Å². The maximum absolute atomic E-state index is 13.3. The third-order valence-electron chi connectivity index (χ3n) is 10.7. The molecule has 0 fully saturated rings. The fourth-order valence-corrected chi connectivity index (χ4v) is 9.45. The molecule has 0 spiro atoms. The van der Waals surface area contributed by atoms with Crippen LogP contribution in [-0.2, 0) is 20.2 Å². The Morgan fingerprint density at radius 2 is 1.00 bits per heavy atom. The fraction of sp³-hybridized carbons (Fsp3) is 0.0800.